The van der Waals surface area contributed by atoms with Crippen molar-refractivity contribution in [1.82, 2.24) is 9.88 Å². The summed E-state index contributed by atoms with van der Waals surface area (Å²) in [5.41, 5.74) is 0.712. The van der Waals surface area contributed by atoms with Crippen LogP contribution in [0.1, 0.15) is 4.88 Å². The SMILES string of the molecule is COc1ccccc1N1CCN(CC(=O)Nc2ncc(C)s2)C1=O. The Morgan fingerprint density at radius 3 is 2.88 bits per heavy atom. The molecule has 24 heavy (non-hydrogen) atoms. The number of rotatable bonds is 5. The number of benzene rings is 1. The number of ether oxygens (including phenoxy) is 1. The molecule has 3 rings (SSSR count). The third-order valence-corrected chi connectivity index (χ3v) is 4.50. The maximum absolute atomic E-state index is 12.6. The lowest BCUT2D eigenvalue weighted by molar-refractivity contribution is -0.116. The Hall–Kier alpha value is -2.61. The second-order valence-corrected chi connectivity index (χ2v) is 6.59. The Kier molecular flexibility index (Phi) is 4.66. The molecule has 7 nitrogen and oxygen atoms in total. The second-order valence-electron chi connectivity index (χ2n) is 5.35. The molecule has 0 unspecified atom stereocenters. The standard InChI is InChI=1S/C16H18N4O3S/c1-11-9-17-15(24-11)18-14(21)10-19-7-8-20(16(19)22)12-5-3-4-6-13(12)23-2/h3-6,9H,7-8,10H2,1-2H3,(H,17,18,21). The first-order valence-corrected chi connectivity index (χ1v) is 8.32. The molecule has 1 aromatic heterocycles. The molecule has 1 fully saturated rings. The highest BCUT2D eigenvalue weighted by Gasteiger charge is 2.32. The van der Waals surface area contributed by atoms with Crippen LogP contribution in [0.4, 0.5) is 15.6 Å². The van der Waals surface area contributed by atoms with E-state index in [1.54, 1.807) is 18.2 Å². The van der Waals surface area contributed by atoms with E-state index in [-0.39, 0.29) is 18.5 Å². The van der Waals surface area contributed by atoms with Crippen molar-refractivity contribution in [3.63, 3.8) is 0 Å². The minimum absolute atomic E-state index is 0.00309. The quantitative estimate of drug-likeness (QED) is 0.902. The number of nitrogens with one attached hydrogen (secondary N) is 1. The fourth-order valence-corrected chi connectivity index (χ4v) is 3.23. The lowest BCUT2D eigenvalue weighted by atomic mass is 10.2. The number of hydrogen-bond acceptors (Lipinski definition) is 5. The Bertz CT molecular complexity index is 761. The van der Waals surface area contributed by atoms with Gasteiger partial charge in [0.1, 0.15) is 12.3 Å². The predicted molar refractivity (Wildman–Crippen MR) is 92.8 cm³/mol. The number of carbonyl (C=O) groups is 2. The lowest BCUT2D eigenvalue weighted by Gasteiger charge is -2.20. The molecule has 0 atom stereocenters. The van der Waals surface area contributed by atoms with Gasteiger partial charge in [0, 0.05) is 24.2 Å². The third kappa shape index (κ3) is 3.33. The predicted octanol–water partition coefficient (Wildman–Crippen LogP) is 2.34. The van der Waals surface area contributed by atoms with Crippen LogP contribution in [0.3, 0.4) is 0 Å². The molecule has 1 saturated heterocycles. The van der Waals surface area contributed by atoms with Gasteiger partial charge in [0.15, 0.2) is 5.13 Å². The van der Waals surface area contributed by atoms with Crippen LogP contribution < -0.4 is 15.0 Å². The highest BCUT2D eigenvalue weighted by Crippen LogP contribution is 2.30. The zero-order chi connectivity index (χ0) is 17.1. The highest BCUT2D eigenvalue weighted by atomic mass is 32.1. The molecule has 8 heteroatoms. The monoisotopic (exact) mass is 346 g/mol. The molecule has 2 aromatic rings. The number of amides is 3. The van der Waals surface area contributed by atoms with Crippen LogP contribution in [0.15, 0.2) is 30.5 Å². The molecule has 126 valence electrons. The zero-order valence-corrected chi connectivity index (χ0v) is 14.3. The maximum Gasteiger partial charge on any atom is 0.325 e. The molecule has 0 saturated carbocycles. The van der Waals surface area contributed by atoms with Gasteiger partial charge in [0.2, 0.25) is 5.91 Å². The molecule has 1 aliphatic rings. The van der Waals surface area contributed by atoms with E-state index in [4.69, 9.17) is 4.74 Å². The zero-order valence-electron chi connectivity index (χ0n) is 13.5. The maximum atomic E-state index is 12.6. The highest BCUT2D eigenvalue weighted by molar-refractivity contribution is 7.15. The average Bonchev–Trinajstić information content (AvgIpc) is 3.14. The van der Waals surface area contributed by atoms with E-state index in [9.17, 15) is 9.59 Å². The van der Waals surface area contributed by atoms with Crippen LogP contribution >= 0.6 is 11.3 Å². The molecule has 3 amide bonds. The summed E-state index contributed by atoms with van der Waals surface area (Å²) in [5.74, 6) is 0.384. The van der Waals surface area contributed by atoms with Gasteiger partial charge in [-0.3, -0.25) is 9.69 Å². The summed E-state index contributed by atoms with van der Waals surface area (Å²) in [6.07, 6.45) is 1.70. The molecule has 1 aromatic carbocycles. The Morgan fingerprint density at radius 2 is 2.17 bits per heavy atom. The van der Waals surface area contributed by atoms with Crippen LogP contribution in [0.5, 0.6) is 5.75 Å². The minimum Gasteiger partial charge on any atom is -0.495 e. The van der Waals surface area contributed by atoms with E-state index in [1.165, 1.54) is 16.2 Å². The molecule has 0 aliphatic carbocycles. The van der Waals surface area contributed by atoms with E-state index in [0.29, 0.717) is 29.7 Å². The van der Waals surface area contributed by atoms with Crippen LogP contribution in [-0.4, -0.2) is 48.6 Å². The Balaban J connectivity index is 1.64. The van der Waals surface area contributed by atoms with Gasteiger partial charge in [0.25, 0.3) is 0 Å². The van der Waals surface area contributed by atoms with E-state index >= 15 is 0 Å². The van der Waals surface area contributed by atoms with E-state index in [1.807, 2.05) is 31.2 Å². The number of nitrogens with zero attached hydrogens (tertiary/aromatic N) is 3. The van der Waals surface area contributed by atoms with Crippen molar-refractivity contribution >= 4 is 34.1 Å². The summed E-state index contributed by atoms with van der Waals surface area (Å²) in [4.78, 5) is 32.9. The van der Waals surface area contributed by atoms with Crippen molar-refractivity contribution < 1.29 is 14.3 Å². The number of urea groups is 1. The second kappa shape index (κ2) is 6.88. The summed E-state index contributed by atoms with van der Waals surface area (Å²) in [5, 5.41) is 3.27. The van der Waals surface area contributed by atoms with Gasteiger partial charge in [-0.2, -0.15) is 0 Å². The van der Waals surface area contributed by atoms with Gasteiger partial charge in [-0.15, -0.1) is 11.3 Å². The van der Waals surface area contributed by atoms with Gasteiger partial charge >= 0.3 is 6.03 Å². The summed E-state index contributed by atoms with van der Waals surface area (Å²) in [6, 6.07) is 7.14. The van der Waals surface area contributed by atoms with Crippen LogP contribution in [0.2, 0.25) is 0 Å². The van der Waals surface area contributed by atoms with Gasteiger partial charge in [-0.05, 0) is 19.1 Å². The smallest absolute Gasteiger partial charge is 0.325 e. The number of para-hydroxylation sites is 2. The van der Waals surface area contributed by atoms with Crippen LogP contribution in [0.25, 0.3) is 0 Å². The molecule has 0 bridgehead atoms. The van der Waals surface area contributed by atoms with Crippen molar-refractivity contribution in [2.24, 2.45) is 0 Å². The number of carbonyl (C=O) groups excluding carboxylic acids is 2. The Labute approximate surface area is 143 Å². The molecule has 2 heterocycles. The molecular formula is C16H18N4O3S. The van der Waals surface area contributed by atoms with Crippen molar-refractivity contribution in [1.29, 1.82) is 0 Å². The van der Waals surface area contributed by atoms with E-state index in [0.717, 1.165) is 4.88 Å². The first-order chi connectivity index (χ1) is 11.6. The molecule has 1 aliphatic heterocycles. The number of thiazole rings is 1. The largest absolute Gasteiger partial charge is 0.495 e. The number of methoxy groups -OCH3 is 1. The summed E-state index contributed by atoms with van der Waals surface area (Å²) in [6.45, 7) is 2.93. The van der Waals surface area contributed by atoms with Crippen molar-refractivity contribution in [2.45, 2.75) is 6.92 Å². The third-order valence-electron chi connectivity index (χ3n) is 3.67. The normalized spacial score (nSPS) is 14.2. The first kappa shape index (κ1) is 16.3. The van der Waals surface area contributed by atoms with Gasteiger partial charge < -0.3 is 15.0 Å². The number of hydrogen-bond donors (Lipinski definition) is 1. The molecular weight excluding hydrogens is 328 g/mol. The summed E-state index contributed by atoms with van der Waals surface area (Å²) in [7, 11) is 1.57. The van der Waals surface area contributed by atoms with Crippen molar-refractivity contribution in [3.8, 4) is 5.75 Å². The fraction of sp³-hybridized carbons (Fsp3) is 0.312. The molecule has 0 spiro atoms. The summed E-state index contributed by atoms with van der Waals surface area (Å²) >= 11 is 1.40. The Morgan fingerprint density at radius 1 is 1.38 bits per heavy atom. The van der Waals surface area contributed by atoms with Crippen molar-refractivity contribution in [2.75, 3.05) is 37.0 Å². The van der Waals surface area contributed by atoms with Gasteiger partial charge in [-0.1, -0.05) is 12.1 Å². The topological polar surface area (TPSA) is 74.8 Å². The number of aryl methyl sites for hydroxylation is 1. The van der Waals surface area contributed by atoms with Crippen LogP contribution in [0, 0.1) is 6.92 Å². The van der Waals surface area contributed by atoms with Crippen LogP contribution in [-0.2, 0) is 4.79 Å². The van der Waals surface area contributed by atoms with Crippen molar-refractivity contribution in [3.05, 3.63) is 35.3 Å². The summed E-state index contributed by atoms with van der Waals surface area (Å²) < 4.78 is 5.31. The first-order valence-electron chi connectivity index (χ1n) is 7.50. The minimum atomic E-state index is -0.250. The molecule has 1 N–H and O–H groups in total. The number of anilines is 2. The fourth-order valence-electron chi connectivity index (χ4n) is 2.55. The van der Waals surface area contributed by atoms with Gasteiger partial charge in [0.05, 0.1) is 12.8 Å². The van der Waals surface area contributed by atoms with E-state index < -0.39 is 0 Å². The average molecular weight is 346 g/mol. The number of aromatic nitrogens is 1. The molecule has 0 radical (unpaired) electrons. The van der Waals surface area contributed by atoms with E-state index in [2.05, 4.69) is 10.3 Å². The lowest BCUT2D eigenvalue weighted by Crippen LogP contribution is -2.37. The van der Waals surface area contributed by atoms with Gasteiger partial charge in [-0.25, -0.2) is 9.78 Å².